The Labute approximate surface area is 157 Å². The molecule has 6 heteroatoms. The fourth-order valence-corrected chi connectivity index (χ4v) is 2.61. The predicted octanol–water partition coefficient (Wildman–Crippen LogP) is 4.10. The van der Waals surface area contributed by atoms with Crippen LogP contribution in [0, 0.1) is 5.82 Å². The van der Waals surface area contributed by atoms with Gasteiger partial charge in [0.25, 0.3) is 5.91 Å². The van der Waals surface area contributed by atoms with Crippen LogP contribution in [0.5, 0.6) is 5.75 Å². The number of hydrogen-bond acceptors (Lipinski definition) is 3. The van der Waals surface area contributed by atoms with Crippen LogP contribution in [0.1, 0.15) is 31.4 Å². The zero-order valence-electron chi connectivity index (χ0n) is 15.2. The first-order chi connectivity index (χ1) is 13.0. The van der Waals surface area contributed by atoms with Gasteiger partial charge in [0.05, 0.1) is 12.6 Å². The van der Waals surface area contributed by atoms with Gasteiger partial charge in [-0.3, -0.25) is 9.69 Å². The molecule has 0 aliphatic carbocycles. The fraction of sp³-hybridized carbons (Fsp3) is 0.238. The minimum absolute atomic E-state index is 0.0873. The standard InChI is InChI=1S/C21H21FN2O3/c1-3-14(2)27-18-10-6-15(7-11-18)12-19-20(25)24(21(26)23-19)13-16-4-8-17(22)9-5-16/h4-12,14H,3,13H2,1-2H3,(H,23,26)/b19-12+. The number of nitrogens with one attached hydrogen (secondary N) is 1. The van der Waals surface area contributed by atoms with E-state index in [0.717, 1.165) is 22.6 Å². The Morgan fingerprint density at radius 2 is 1.78 bits per heavy atom. The highest BCUT2D eigenvalue weighted by atomic mass is 19.1. The van der Waals surface area contributed by atoms with Crippen LogP contribution in [0.25, 0.3) is 6.08 Å². The number of urea groups is 1. The minimum atomic E-state index is -0.493. The molecule has 0 bridgehead atoms. The van der Waals surface area contributed by atoms with Crippen molar-refractivity contribution in [2.75, 3.05) is 0 Å². The summed E-state index contributed by atoms with van der Waals surface area (Å²) in [6.07, 6.45) is 2.67. The number of carbonyl (C=O) groups excluding carboxylic acids is 2. The molecular formula is C21H21FN2O3. The third-order valence-electron chi connectivity index (χ3n) is 4.32. The van der Waals surface area contributed by atoms with Crippen LogP contribution in [0.15, 0.2) is 54.2 Å². The highest BCUT2D eigenvalue weighted by Crippen LogP contribution is 2.20. The van der Waals surface area contributed by atoms with E-state index in [1.165, 1.54) is 12.1 Å². The lowest BCUT2D eigenvalue weighted by Crippen LogP contribution is -2.30. The van der Waals surface area contributed by atoms with E-state index < -0.39 is 11.9 Å². The molecule has 0 saturated carbocycles. The molecule has 1 unspecified atom stereocenters. The van der Waals surface area contributed by atoms with E-state index in [1.54, 1.807) is 18.2 Å². The van der Waals surface area contributed by atoms with Gasteiger partial charge in [0, 0.05) is 0 Å². The van der Waals surface area contributed by atoms with E-state index in [9.17, 15) is 14.0 Å². The van der Waals surface area contributed by atoms with Crippen molar-refractivity contribution in [3.05, 3.63) is 71.2 Å². The SMILES string of the molecule is CCC(C)Oc1ccc(/C=C2/NC(=O)N(Cc3ccc(F)cc3)C2=O)cc1. The number of imide groups is 1. The molecule has 140 valence electrons. The summed E-state index contributed by atoms with van der Waals surface area (Å²) in [7, 11) is 0. The van der Waals surface area contributed by atoms with Crippen molar-refractivity contribution in [1.82, 2.24) is 10.2 Å². The van der Waals surface area contributed by atoms with E-state index in [2.05, 4.69) is 12.2 Å². The molecule has 1 saturated heterocycles. The Morgan fingerprint density at radius 1 is 1.11 bits per heavy atom. The second kappa shape index (κ2) is 8.03. The average Bonchev–Trinajstić information content (AvgIpc) is 2.92. The maximum absolute atomic E-state index is 13.0. The number of carbonyl (C=O) groups is 2. The van der Waals surface area contributed by atoms with Crippen LogP contribution < -0.4 is 10.1 Å². The number of ether oxygens (including phenoxy) is 1. The zero-order valence-corrected chi connectivity index (χ0v) is 15.2. The van der Waals surface area contributed by atoms with E-state index in [0.29, 0.717) is 5.56 Å². The van der Waals surface area contributed by atoms with Gasteiger partial charge in [-0.1, -0.05) is 31.2 Å². The van der Waals surface area contributed by atoms with Crippen LogP contribution in [-0.4, -0.2) is 22.9 Å². The fourth-order valence-electron chi connectivity index (χ4n) is 2.61. The van der Waals surface area contributed by atoms with Crippen molar-refractivity contribution in [2.24, 2.45) is 0 Å². The Morgan fingerprint density at radius 3 is 2.41 bits per heavy atom. The van der Waals surface area contributed by atoms with Gasteiger partial charge < -0.3 is 10.1 Å². The quantitative estimate of drug-likeness (QED) is 0.617. The Bertz CT molecular complexity index is 860. The largest absolute Gasteiger partial charge is 0.491 e. The summed E-state index contributed by atoms with van der Waals surface area (Å²) >= 11 is 0. The summed E-state index contributed by atoms with van der Waals surface area (Å²) in [5.74, 6) is -0.0206. The van der Waals surface area contributed by atoms with Crippen molar-refractivity contribution in [3.8, 4) is 5.75 Å². The molecule has 1 N–H and O–H groups in total. The molecule has 3 amide bonds. The summed E-state index contributed by atoms with van der Waals surface area (Å²) in [6, 6.07) is 12.5. The van der Waals surface area contributed by atoms with Crippen molar-refractivity contribution < 1.29 is 18.7 Å². The van der Waals surface area contributed by atoms with Crippen LogP contribution in [-0.2, 0) is 11.3 Å². The van der Waals surface area contributed by atoms with Gasteiger partial charge in [0.15, 0.2) is 0 Å². The van der Waals surface area contributed by atoms with Gasteiger partial charge in [-0.25, -0.2) is 9.18 Å². The Balaban J connectivity index is 1.71. The highest BCUT2D eigenvalue weighted by Gasteiger charge is 2.33. The molecule has 2 aromatic rings. The van der Waals surface area contributed by atoms with Crippen molar-refractivity contribution >= 4 is 18.0 Å². The summed E-state index contributed by atoms with van der Waals surface area (Å²) in [6.45, 7) is 4.14. The molecule has 1 aliphatic heterocycles. The van der Waals surface area contributed by atoms with Gasteiger partial charge in [0.1, 0.15) is 17.3 Å². The first-order valence-corrected chi connectivity index (χ1v) is 8.82. The van der Waals surface area contributed by atoms with E-state index in [-0.39, 0.29) is 24.2 Å². The molecule has 1 aliphatic rings. The summed E-state index contributed by atoms with van der Waals surface area (Å²) < 4.78 is 18.7. The van der Waals surface area contributed by atoms with Gasteiger partial charge in [-0.15, -0.1) is 0 Å². The lowest BCUT2D eigenvalue weighted by atomic mass is 10.1. The van der Waals surface area contributed by atoms with E-state index >= 15 is 0 Å². The summed E-state index contributed by atoms with van der Waals surface area (Å²) in [5.41, 5.74) is 1.66. The molecule has 2 aromatic carbocycles. The van der Waals surface area contributed by atoms with Crippen LogP contribution in [0.3, 0.4) is 0 Å². The predicted molar refractivity (Wildman–Crippen MR) is 100 cm³/mol. The molecule has 27 heavy (non-hydrogen) atoms. The topological polar surface area (TPSA) is 58.6 Å². The number of benzene rings is 2. The van der Waals surface area contributed by atoms with E-state index in [4.69, 9.17) is 4.74 Å². The molecule has 3 rings (SSSR count). The van der Waals surface area contributed by atoms with Crippen LogP contribution in [0.4, 0.5) is 9.18 Å². The molecular weight excluding hydrogens is 347 g/mol. The van der Waals surface area contributed by atoms with Crippen molar-refractivity contribution in [2.45, 2.75) is 32.9 Å². The Kier molecular flexibility index (Phi) is 5.54. The average molecular weight is 368 g/mol. The molecule has 1 fully saturated rings. The van der Waals surface area contributed by atoms with Crippen molar-refractivity contribution in [1.29, 1.82) is 0 Å². The lowest BCUT2D eigenvalue weighted by Gasteiger charge is -2.12. The summed E-state index contributed by atoms with van der Waals surface area (Å²) in [4.78, 5) is 25.7. The molecule has 0 radical (unpaired) electrons. The number of hydrogen-bond donors (Lipinski definition) is 1. The second-order valence-electron chi connectivity index (χ2n) is 6.41. The van der Waals surface area contributed by atoms with Crippen LogP contribution in [0.2, 0.25) is 0 Å². The minimum Gasteiger partial charge on any atom is -0.491 e. The second-order valence-corrected chi connectivity index (χ2v) is 6.41. The third kappa shape index (κ3) is 4.53. The van der Waals surface area contributed by atoms with E-state index in [1.807, 2.05) is 31.2 Å². The maximum atomic E-state index is 13.0. The highest BCUT2D eigenvalue weighted by molar-refractivity contribution is 6.13. The van der Waals surface area contributed by atoms with Gasteiger partial charge in [-0.05, 0) is 54.8 Å². The number of halogens is 1. The smallest absolute Gasteiger partial charge is 0.329 e. The number of nitrogens with zero attached hydrogens (tertiary/aromatic N) is 1. The van der Waals surface area contributed by atoms with Crippen molar-refractivity contribution in [3.63, 3.8) is 0 Å². The summed E-state index contributed by atoms with van der Waals surface area (Å²) in [5, 5.41) is 2.58. The molecule has 1 atom stereocenters. The molecule has 0 aromatic heterocycles. The van der Waals surface area contributed by atoms with Gasteiger partial charge >= 0.3 is 6.03 Å². The molecule has 1 heterocycles. The van der Waals surface area contributed by atoms with Gasteiger partial charge in [0.2, 0.25) is 0 Å². The molecule has 5 nitrogen and oxygen atoms in total. The number of amides is 3. The first kappa shape index (κ1) is 18.6. The maximum Gasteiger partial charge on any atom is 0.329 e. The number of rotatable bonds is 6. The van der Waals surface area contributed by atoms with Crippen LogP contribution >= 0.6 is 0 Å². The zero-order chi connectivity index (χ0) is 19.4. The van der Waals surface area contributed by atoms with Gasteiger partial charge in [-0.2, -0.15) is 0 Å². The first-order valence-electron chi connectivity index (χ1n) is 8.82. The third-order valence-corrected chi connectivity index (χ3v) is 4.32. The lowest BCUT2D eigenvalue weighted by molar-refractivity contribution is -0.123. The monoisotopic (exact) mass is 368 g/mol. The molecule has 0 spiro atoms. The Hall–Kier alpha value is -3.15. The normalized spacial score (nSPS) is 16.6.